The van der Waals surface area contributed by atoms with Crippen LogP contribution in [0.15, 0.2) is 0 Å². The third kappa shape index (κ3) is 9.94. The highest BCUT2D eigenvalue weighted by atomic mass is 16.5. The van der Waals surface area contributed by atoms with Crippen molar-refractivity contribution < 1.29 is 19.1 Å². The summed E-state index contributed by atoms with van der Waals surface area (Å²) >= 11 is 0. The lowest BCUT2D eigenvalue weighted by Gasteiger charge is -2.31. The molecule has 0 aromatic rings. The van der Waals surface area contributed by atoms with Crippen LogP contribution < -0.4 is 17.2 Å². The first-order valence-corrected chi connectivity index (χ1v) is 11.2. The molecule has 0 fully saturated rings. The summed E-state index contributed by atoms with van der Waals surface area (Å²) in [4.78, 5) is 37.2. The normalized spacial score (nSPS) is 12.7. The van der Waals surface area contributed by atoms with E-state index < -0.39 is 48.5 Å². The average Bonchev–Trinajstić information content (AvgIpc) is 2.73. The minimum absolute atomic E-state index is 0.0626. The molecular formula is C22H43N3O4. The molecule has 0 aliphatic carbocycles. The molecule has 0 radical (unpaired) electrons. The number of ketones is 3. The van der Waals surface area contributed by atoms with Crippen molar-refractivity contribution in [3.8, 4) is 0 Å². The van der Waals surface area contributed by atoms with Crippen LogP contribution in [0.25, 0.3) is 0 Å². The van der Waals surface area contributed by atoms with Crippen molar-refractivity contribution in [3.63, 3.8) is 0 Å². The predicted molar refractivity (Wildman–Crippen MR) is 116 cm³/mol. The molecule has 0 bridgehead atoms. The van der Waals surface area contributed by atoms with E-state index in [0.29, 0.717) is 6.61 Å². The van der Waals surface area contributed by atoms with E-state index in [9.17, 15) is 14.4 Å². The molecule has 1 atom stereocenters. The summed E-state index contributed by atoms with van der Waals surface area (Å²) in [7, 11) is 0. The second-order valence-electron chi connectivity index (χ2n) is 7.85. The monoisotopic (exact) mass is 413 g/mol. The van der Waals surface area contributed by atoms with Crippen LogP contribution in [0, 0.1) is 5.41 Å². The first kappa shape index (κ1) is 27.8. The van der Waals surface area contributed by atoms with Gasteiger partial charge in [0.1, 0.15) is 0 Å². The standard InChI is InChI=1S/C22H43N3O4/c1-3-4-5-6-7-8-9-10-11-12-13-29-18(2)14-22(19(26)15-23,20(27)16-24)21(28)17-25/h18H,3-17,23-25H2,1-2H3. The highest BCUT2D eigenvalue weighted by molar-refractivity contribution is 6.25. The number of hydrogen-bond acceptors (Lipinski definition) is 7. The Hall–Kier alpha value is -1.15. The van der Waals surface area contributed by atoms with Gasteiger partial charge in [0.2, 0.25) is 0 Å². The van der Waals surface area contributed by atoms with Gasteiger partial charge >= 0.3 is 0 Å². The molecule has 7 heteroatoms. The highest BCUT2D eigenvalue weighted by Gasteiger charge is 2.50. The number of Topliss-reactive ketones (excluding diaryl/α,β-unsaturated/α-hetero) is 3. The van der Waals surface area contributed by atoms with Gasteiger partial charge < -0.3 is 21.9 Å². The number of nitrogens with two attached hydrogens (primary N) is 3. The van der Waals surface area contributed by atoms with Gasteiger partial charge in [0, 0.05) is 6.61 Å². The van der Waals surface area contributed by atoms with Crippen molar-refractivity contribution in [1.82, 2.24) is 0 Å². The molecule has 0 spiro atoms. The van der Waals surface area contributed by atoms with E-state index in [1.165, 1.54) is 51.4 Å². The third-order valence-corrected chi connectivity index (χ3v) is 5.48. The van der Waals surface area contributed by atoms with Crippen LogP contribution >= 0.6 is 0 Å². The van der Waals surface area contributed by atoms with Crippen LogP contribution in [0.1, 0.15) is 84.5 Å². The number of unbranched alkanes of at least 4 members (excludes halogenated alkanes) is 9. The Bertz CT molecular complexity index is 442. The van der Waals surface area contributed by atoms with Gasteiger partial charge in [-0.05, 0) is 19.8 Å². The lowest BCUT2D eigenvalue weighted by Crippen LogP contribution is -2.54. The van der Waals surface area contributed by atoms with Gasteiger partial charge in [0.15, 0.2) is 22.8 Å². The second-order valence-corrected chi connectivity index (χ2v) is 7.85. The molecule has 0 rings (SSSR count). The Morgan fingerprint density at radius 3 is 1.48 bits per heavy atom. The number of hydrogen-bond donors (Lipinski definition) is 3. The van der Waals surface area contributed by atoms with Gasteiger partial charge in [-0.3, -0.25) is 14.4 Å². The van der Waals surface area contributed by atoms with Crippen LogP contribution in [0.2, 0.25) is 0 Å². The van der Waals surface area contributed by atoms with Crippen molar-refractivity contribution in [1.29, 1.82) is 0 Å². The molecule has 7 nitrogen and oxygen atoms in total. The maximum atomic E-state index is 12.4. The first-order valence-electron chi connectivity index (χ1n) is 11.2. The quantitative estimate of drug-likeness (QED) is 0.205. The van der Waals surface area contributed by atoms with Crippen molar-refractivity contribution in [2.24, 2.45) is 22.6 Å². The molecule has 29 heavy (non-hydrogen) atoms. The summed E-state index contributed by atoms with van der Waals surface area (Å²) in [5, 5.41) is 0. The van der Waals surface area contributed by atoms with Crippen molar-refractivity contribution in [3.05, 3.63) is 0 Å². The topological polar surface area (TPSA) is 138 Å². The van der Waals surface area contributed by atoms with Gasteiger partial charge in [-0.1, -0.05) is 64.7 Å². The highest BCUT2D eigenvalue weighted by Crippen LogP contribution is 2.29. The van der Waals surface area contributed by atoms with Crippen molar-refractivity contribution >= 4 is 17.3 Å². The summed E-state index contributed by atoms with van der Waals surface area (Å²) in [6.45, 7) is 3.26. The molecule has 0 aromatic carbocycles. The van der Waals surface area contributed by atoms with Gasteiger partial charge in [0.25, 0.3) is 0 Å². The van der Waals surface area contributed by atoms with Crippen LogP contribution in [0.3, 0.4) is 0 Å². The molecule has 0 saturated heterocycles. The molecule has 0 aromatic heterocycles. The molecule has 0 amide bonds. The maximum absolute atomic E-state index is 12.4. The molecule has 0 heterocycles. The number of carbonyl (C=O) groups excluding carboxylic acids is 3. The van der Waals surface area contributed by atoms with Crippen LogP contribution in [0.5, 0.6) is 0 Å². The Kier molecular flexibility index (Phi) is 16.0. The summed E-state index contributed by atoms with van der Waals surface area (Å²) in [6, 6.07) is 0. The van der Waals surface area contributed by atoms with E-state index in [0.717, 1.165) is 12.8 Å². The van der Waals surface area contributed by atoms with E-state index in [1.54, 1.807) is 6.92 Å². The zero-order chi connectivity index (χ0) is 22.1. The molecule has 0 aliphatic heterocycles. The van der Waals surface area contributed by atoms with E-state index in [2.05, 4.69) is 6.92 Å². The molecule has 0 aliphatic rings. The van der Waals surface area contributed by atoms with E-state index in [4.69, 9.17) is 21.9 Å². The summed E-state index contributed by atoms with van der Waals surface area (Å²) in [5.74, 6) is -1.92. The fourth-order valence-electron chi connectivity index (χ4n) is 3.69. The fourth-order valence-corrected chi connectivity index (χ4v) is 3.69. The lowest BCUT2D eigenvalue weighted by atomic mass is 9.71. The van der Waals surface area contributed by atoms with Gasteiger partial charge in [0.05, 0.1) is 25.7 Å². The maximum Gasteiger partial charge on any atom is 0.167 e. The summed E-state index contributed by atoms with van der Waals surface area (Å²) in [5.41, 5.74) is 14.5. The van der Waals surface area contributed by atoms with Gasteiger partial charge in [-0.25, -0.2) is 0 Å². The Labute approximate surface area is 176 Å². The van der Waals surface area contributed by atoms with Crippen molar-refractivity contribution in [2.45, 2.75) is 90.6 Å². The summed E-state index contributed by atoms with van der Waals surface area (Å²) < 4.78 is 5.77. The minimum atomic E-state index is -1.88. The van der Waals surface area contributed by atoms with Crippen LogP contribution in [-0.4, -0.2) is 49.7 Å². The third-order valence-electron chi connectivity index (χ3n) is 5.48. The largest absolute Gasteiger partial charge is 0.378 e. The van der Waals surface area contributed by atoms with Gasteiger partial charge in [-0.2, -0.15) is 0 Å². The van der Waals surface area contributed by atoms with Crippen LogP contribution in [0.4, 0.5) is 0 Å². The Morgan fingerprint density at radius 2 is 1.10 bits per heavy atom. The van der Waals surface area contributed by atoms with Crippen molar-refractivity contribution in [2.75, 3.05) is 26.2 Å². The Balaban J connectivity index is 4.33. The smallest absolute Gasteiger partial charge is 0.167 e. The first-order chi connectivity index (χ1) is 13.9. The second kappa shape index (κ2) is 16.6. The van der Waals surface area contributed by atoms with E-state index in [1.807, 2.05) is 0 Å². The number of rotatable bonds is 20. The summed E-state index contributed by atoms with van der Waals surface area (Å²) in [6.07, 6.45) is 11.8. The fraction of sp³-hybridized carbons (Fsp3) is 0.864. The van der Waals surface area contributed by atoms with E-state index >= 15 is 0 Å². The average molecular weight is 414 g/mol. The zero-order valence-corrected chi connectivity index (χ0v) is 18.5. The zero-order valence-electron chi connectivity index (χ0n) is 18.5. The lowest BCUT2D eigenvalue weighted by molar-refractivity contribution is -0.150. The Morgan fingerprint density at radius 1 is 0.724 bits per heavy atom. The SMILES string of the molecule is CCCCCCCCCCCCOC(C)CC(C(=O)CN)(C(=O)CN)C(=O)CN. The molecule has 1 unspecified atom stereocenters. The molecule has 0 saturated carbocycles. The molecule has 6 N–H and O–H groups in total. The molecule has 170 valence electrons. The number of carbonyl (C=O) groups is 3. The number of ether oxygens (including phenoxy) is 1. The van der Waals surface area contributed by atoms with Crippen LogP contribution in [-0.2, 0) is 19.1 Å². The molecular weight excluding hydrogens is 370 g/mol. The van der Waals surface area contributed by atoms with Gasteiger partial charge in [-0.15, -0.1) is 0 Å². The minimum Gasteiger partial charge on any atom is -0.378 e. The van der Waals surface area contributed by atoms with E-state index in [-0.39, 0.29) is 6.42 Å². The predicted octanol–water partition coefficient (Wildman–Crippen LogP) is 2.27.